The number of nitrogens with one attached hydrogen (secondary N) is 2. The molecule has 13 heteroatoms. The van der Waals surface area contributed by atoms with E-state index in [9.17, 15) is 9.59 Å². The Labute approximate surface area is 301 Å². The Bertz CT molecular complexity index is 1470. The van der Waals surface area contributed by atoms with Crippen LogP contribution in [-0.4, -0.2) is 62.2 Å². The molecule has 0 spiro atoms. The average Bonchev–Trinajstić information content (AvgIpc) is 3.92. The summed E-state index contributed by atoms with van der Waals surface area (Å²) in [6.45, 7) is 12.1. The zero-order valence-electron chi connectivity index (χ0n) is 28.8. The van der Waals surface area contributed by atoms with Crippen LogP contribution < -0.4 is 15.2 Å². The van der Waals surface area contributed by atoms with Crippen LogP contribution in [0, 0.1) is 23.7 Å². The van der Waals surface area contributed by atoms with Crippen molar-refractivity contribution in [2.45, 2.75) is 122 Å². The second-order valence-corrected chi connectivity index (χ2v) is 16.5. The predicted molar refractivity (Wildman–Crippen MR) is 194 cm³/mol. The zero-order chi connectivity index (χ0) is 34.1. The minimum Gasteiger partial charge on any atom is -0.444 e. The normalized spacial score (nSPS) is 21.7. The number of nitrogens with zero attached hydrogens (tertiary/aromatic N) is 5. The number of carbonyl (C=O) groups is 2. The lowest BCUT2D eigenvalue weighted by Crippen LogP contribution is -2.45. The molecule has 2 aromatic rings. The summed E-state index contributed by atoms with van der Waals surface area (Å²) in [6, 6.07) is 5.31. The lowest BCUT2D eigenvalue weighted by Gasteiger charge is -2.33. The van der Waals surface area contributed by atoms with Crippen molar-refractivity contribution in [1.82, 2.24) is 29.8 Å². The molecule has 4 aliphatic rings. The minimum absolute atomic E-state index is 0. The average molecular weight is 716 g/mol. The highest BCUT2D eigenvalue weighted by atomic mass is 35.5. The Morgan fingerprint density at radius 1 is 1.16 bits per heavy atom. The van der Waals surface area contributed by atoms with Gasteiger partial charge < -0.3 is 14.4 Å². The standard InChI is InChI=1S/C35H50ClN7O4S.CH4/c1-34(2,3)47-33(45)42-22-23(21-35(42,4)5)7-6-17-41-18-15-30(39-41)48-40-32(44)27-12-13-28(37-31(27)36)43-19-14-29(38-43)46-20-16-26(24-8-9-24)25-10-11-25;/h12-15,18-19,23-26,29,38H,6-11,16-17,20-22H2,1-5H3,(H,40,44);1H4. The van der Waals surface area contributed by atoms with Gasteiger partial charge in [-0.05, 0) is 134 Å². The van der Waals surface area contributed by atoms with E-state index in [1.54, 1.807) is 17.1 Å². The first-order chi connectivity index (χ1) is 22.8. The lowest BCUT2D eigenvalue weighted by atomic mass is 9.93. The summed E-state index contributed by atoms with van der Waals surface area (Å²) in [4.78, 5) is 32.0. The molecule has 3 fully saturated rings. The third kappa shape index (κ3) is 10.1. The first-order valence-corrected chi connectivity index (χ1v) is 18.6. The highest BCUT2D eigenvalue weighted by Gasteiger charge is 2.43. The maximum Gasteiger partial charge on any atom is 0.410 e. The number of amides is 2. The Kier molecular flexibility index (Phi) is 11.9. The summed E-state index contributed by atoms with van der Waals surface area (Å²) in [5.74, 6) is 3.34. The molecule has 0 aromatic carbocycles. The SMILES string of the molecule is C.CC(C)(C)OC(=O)N1CC(CCCn2ccc(SNC(=O)c3ccc(N4C=CC(OCCC(C5CC5)C5CC5)N4)nc3Cl)n2)CC1(C)C. The fourth-order valence-corrected chi connectivity index (χ4v) is 7.84. The highest BCUT2D eigenvalue weighted by molar-refractivity contribution is 7.97. The van der Waals surface area contributed by atoms with E-state index >= 15 is 0 Å². The number of pyridine rings is 1. The van der Waals surface area contributed by atoms with Gasteiger partial charge in [-0.1, -0.05) is 19.0 Å². The Hall–Kier alpha value is -2.80. The third-order valence-corrected chi connectivity index (χ3v) is 10.6. The van der Waals surface area contributed by atoms with Gasteiger partial charge in [-0.15, -0.1) is 0 Å². The van der Waals surface area contributed by atoms with Crippen molar-refractivity contribution in [1.29, 1.82) is 0 Å². The molecular weight excluding hydrogens is 662 g/mol. The van der Waals surface area contributed by atoms with Crippen molar-refractivity contribution in [3.63, 3.8) is 0 Å². The van der Waals surface area contributed by atoms with Crippen LogP contribution in [0.3, 0.4) is 0 Å². The molecule has 2 N–H and O–H groups in total. The molecule has 0 bridgehead atoms. The van der Waals surface area contributed by atoms with Crippen LogP contribution in [0.5, 0.6) is 0 Å². The fraction of sp³-hybridized carbons (Fsp3) is 0.667. The number of ether oxygens (including phenoxy) is 2. The maximum atomic E-state index is 12.9. The monoisotopic (exact) mass is 715 g/mol. The van der Waals surface area contributed by atoms with Crippen LogP contribution in [0.2, 0.25) is 5.15 Å². The van der Waals surface area contributed by atoms with Gasteiger partial charge >= 0.3 is 6.09 Å². The summed E-state index contributed by atoms with van der Waals surface area (Å²) in [5.41, 5.74) is 2.83. The number of aromatic nitrogens is 3. The van der Waals surface area contributed by atoms with Gasteiger partial charge in [-0.3, -0.25) is 19.2 Å². The van der Waals surface area contributed by atoms with E-state index < -0.39 is 5.60 Å². The topological polar surface area (TPSA) is 114 Å². The van der Waals surface area contributed by atoms with Crippen molar-refractivity contribution >= 4 is 41.4 Å². The van der Waals surface area contributed by atoms with Crippen LogP contribution >= 0.6 is 23.5 Å². The molecule has 4 heterocycles. The second-order valence-electron chi connectivity index (χ2n) is 15.3. The fourth-order valence-electron chi connectivity index (χ4n) is 7.02. The van der Waals surface area contributed by atoms with Gasteiger partial charge in [-0.25, -0.2) is 9.78 Å². The molecule has 2 unspecified atom stereocenters. The van der Waals surface area contributed by atoms with Crippen molar-refractivity contribution < 1.29 is 19.1 Å². The number of halogens is 1. The number of rotatable bonds is 14. The molecule has 2 saturated carbocycles. The van der Waals surface area contributed by atoms with E-state index in [4.69, 9.17) is 21.1 Å². The lowest BCUT2D eigenvalue weighted by molar-refractivity contribution is 0.0130. The number of anilines is 1. The molecule has 2 amide bonds. The van der Waals surface area contributed by atoms with E-state index in [1.807, 2.05) is 54.9 Å². The molecule has 1 saturated heterocycles. The Morgan fingerprint density at radius 3 is 2.57 bits per heavy atom. The van der Waals surface area contributed by atoms with Gasteiger partial charge in [-0.2, -0.15) is 10.5 Å². The molecule has 2 aromatic heterocycles. The number of hydrogen-bond donors (Lipinski definition) is 2. The quantitative estimate of drug-likeness (QED) is 0.149. The molecule has 2 aliphatic heterocycles. The van der Waals surface area contributed by atoms with Gasteiger partial charge in [0.1, 0.15) is 27.8 Å². The summed E-state index contributed by atoms with van der Waals surface area (Å²) in [7, 11) is 0. The molecule has 11 nitrogen and oxygen atoms in total. The van der Waals surface area contributed by atoms with E-state index in [1.165, 1.54) is 25.7 Å². The van der Waals surface area contributed by atoms with Crippen LogP contribution in [0.4, 0.5) is 10.6 Å². The molecule has 0 radical (unpaired) electrons. The molecule has 49 heavy (non-hydrogen) atoms. The van der Waals surface area contributed by atoms with Crippen LogP contribution in [0.1, 0.15) is 104 Å². The highest BCUT2D eigenvalue weighted by Crippen LogP contribution is 2.50. The molecule has 2 aliphatic carbocycles. The molecule has 270 valence electrons. The van der Waals surface area contributed by atoms with E-state index in [2.05, 4.69) is 34.1 Å². The number of aryl methyl sites for hydroxylation is 1. The van der Waals surface area contributed by atoms with Gasteiger partial charge in [0.25, 0.3) is 5.91 Å². The van der Waals surface area contributed by atoms with Crippen molar-refractivity contribution in [3.05, 3.63) is 47.4 Å². The van der Waals surface area contributed by atoms with Gasteiger partial charge in [0.2, 0.25) is 0 Å². The first-order valence-electron chi connectivity index (χ1n) is 17.4. The van der Waals surface area contributed by atoms with Crippen molar-refractivity contribution in [2.75, 3.05) is 18.2 Å². The van der Waals surface area contributed by atoms with Gasteiger partial charge in [0.05, 0.1) is 5.56 Å². The largest absolute Gasteiger partial charge is 0.444 e. The smallest absolute Gasteiger partial charge is 0.410 e. The Morgan fingerprint density at radius 2 is 1.90 bits per heavy atom. The summed E-state index contributed by atoms with van der Waals surface area (Å²) < 4.78 is 16.4. The van der Waals surface area contributed by atoms with E-state index in [0.29, 0.717) is 23.3 Å². The summed E-state index contributed by atoms with van der Waals surface area (Å²) in [6.07, 6.45) is 14.8. The minimum atomic E-state index is -0.509. The third-order valence-electron chi connectivity index (χ3n) is 9.64. The number of hydrogen-bond acceptors (Lipinski definition) is 9. The van der Waals surface area contributed by atoms with E-state index in [-0.39, 0.29) is 41.9 Å². The number of carbonyl (C=O) groups excluding carboxylic acids is 2. The number of likely N-dealkylation sites (tertiary alicyclic amines) is 1. The van der Waals surface area contributed by atoms with Crippen LogP contribution in [-0.2, 0) is 16.0 Å². The Balaban J connectivity index is 0.00000468. The first kappa shape index (κ1) is 37.5. The van der Waals surface area contributed by atoms with E-state index in [0.717, 1.165) is 68.5 Å². The van der Waals surface area contributed by atoms with Crippen LogP contribution in [0.25, 0.3) is 0 Å². The molecule has 2 atom stereocenters. The zero-order valence-corrected chi connectivity index (χ0v) is 30.4. The predicted octanol–water partition coefficient (Wildman–Crippen LogP) is 7.83. The summed E-state index contributed by atoms with van der Waals surface area (Å²) >= 11 is 7.60. The van der Waals surface area contributed by atoms with Crippen LogP contribution in [0.15, 0.2) is 41.7 Å². The maximum absolute atomic E-state index is 12.9. The van der Waals surface area contributed by atoms with Gasteiger partial charge in [0, 0.05) is 49.6 Å². The van der Waals surface area contributed by atoms with Crippen molar-refractivity contribution in [2.24, 2.45) is 23.7 Å². The molecular formula is C36H54ClN7O4S. The van der Waals surface area contributed by atoms with Crippen molar-refractivity contribution in [3.8, 4) is 0 Å². The molecule has 6 rings (SSSR count). The van der Waals surface area contributed by atoms with Gasteiger partial charge in [0.15, 0.2) is 0 Å². The number of hydrazine groups is 1. The second kappa shape index (κ2) is 15.6. The summed E-state index contributed by atoms with van der Waals surface area (Å²) in [5, 5.41) is 7.17.